The molecule has 0 aliphatic rings. The minimum atomic E-state index is -0.611. The van der Waals surface area contributed by atoms with Gasteiger partial charge in [0.25, 0.3) is 5.91 Å². The Hall–Kier alpha value is -2.94. The number of hydrogen-bond donors (Lipinski definition) is 2. The van der Waals surface area contributed by atoms with Crippen LogP contribution in [0.25, 0.3) is 0 Å². The molecule has 0 fully saturated rings. The number of benzene rings is 1. The number of ketones is 1. The number of carbonyl (C=O) groups is 2. The van der Waals surface area contributed by atoms with Crippen molar-refractivity contribution in [2.75, 3.05) is 12.0 Å². The van der Waals surface area contributed by atoms with E-state index < -0.39 is 5.91 Å². The highest BCUT2D eigenvalue weighted by molar-refractivity contribution is 6.45. The summed E-state index contributed by atoms with van der Waals surface area (Å²) in [7, 11) is 0. The summed E-state index contributed by atoms with van der Waals surface area (Å²) in [5.74, 6) is -0.752. The van der Waals surface area contributed by atoms with E-state index in [1.807, 2.05) is 0 Å². The highest BCUT2D eigenvalue weighted by atomic mass is 16.2. The molecule has 2 N–H and O–H groups in total. The number of hydrazone groups is 1. The molecule has 0 aliphatic heterocycles. The Kier molecular flexibility index (Phi) is 5.66. The lowest BCUT2D eigenvalue weighted by Gasteiger charge is -2.06. The predicted molar refractivity (Wildman–Crippen MR) is 76.3 cm³/mol. The smallest absolute Gasteiger partial charge is 0.282 e. The van der Waals surface area contributed by atoms with Gasteiger partial charge in [-0.1, -0.05) is 18.2 Å². The Bertz CT molecular complexity index is 599. The van der Waals surface area contributed by atoms with Gasteiger partial charge in [-0.3, -0.25) is 15.0 Å². The van der Waals surface area contributed by atoms with Crippen molar-refractivity contribution < 1.29 is 9.59 Å². The number of para-hydroxylation sites is 1. The van der Waals surface area contributed by atoms with Crippen molar-refractivity contribution in [3.05, 3.63) is 42.5 Å². The maximum atomic E-state index is 11.6. The molecule has 6 heteroatoms. The minimum Gasteiger partial charge on any atom is -0.347 e. The Labute approximate surface area is 116 Å². The second-order valence-corrected chi connectivity index (χ2v) is 3.78. The highest BCUT2D eigenvalue weighted by Crippen LogP contribution is 2.15. The van der Waals surface area contributed by atoms with E-state index in [4.69, 9.17) is 5.26 Å². The van der Waals surface area contributed by atoms with Crippen molar-refractivity contribution in [3.63, 3.8) is 0 Å². The Morgan fingerprint density at radius 3 is 2.75 bits per heavy atom. The summed E-state index contributed by atoms with van der Waals surface area (Å²) in [5.41, 5.74) is 3.10. The van der Waals surface area contributed by atoms with Crippen LogP contribution < -0.4 is 10.7 Å². The first-order valence-corrected chi connectivity index (χ1v) is 5.83. The van der Waals surface area contributed by atoms with Gasteiger partial charge in [-0.15, -0.1) is 6.58 Å². The van der Waals surface area contributed by atoms with Crippen LogP contribution in [0, 0.1) is 11.3 Å². The van der Waals surface area contributed by atoms with Gasteiger partial charge < -0.3 is 5.32 Å². The third kappa shape index (κ3) is 4.07. The number of amides is 1. The molecule has 0 saturated carbocycles. The second-order valence-electron chi connectivity index (χ2n) is 3.78. The number of nitrogens with one attached hydrogen (secondary N) is 2. The zero-order valence-electron chi connectivity index (χ0n) is 11.0. The summed E-state index contributed by atoms with van der Waals surface area (Å²) < 4.78 is 0. The average Bonchev–Trinajstić information content (AvgIpc) is 2.45. The molecule has 0 heterocycles. The van der Waals surface area contributed by atoms with Gasteiger partial charge in [0.1, 0.15) is 6.07 Å². The summed E-state index contributed by atoms with van der Waals surface area (Å²) in [6.45, 7) is 5.11. The lowest BCUT2D eigenvalue weighted by Crippen LogP contribution is -2.30. The van der Waals surface area contributed by atoms with Gasteiger partial charge >= 0.3 is 0 Å². The van der Waals surface area contributed by atoms with Crippen LogP contribution >= 0.6 is 0 Å². The molecule has 1 aromatic carbocycles. The molecule has 1 rings (SSSR count). The molecule has 0 aliphatic carbocycles. The van der Waals surface area contributed by atoms with Gasteiger partial charge in [-0.25, -0.2) is 0 Å². The zero-order chi connectivity index (χ0) is 15.0. The van der Waals surface area contributed by atoms with Crippen LogP contribution in [-0.4, -0.2) is 23.9 Å². The standard InChI is InChI=1S/C14H14N4O2/c1-3-8-16-14(20)13(9-15)18-17-12-7-5-4-6-11(12)10(2)19/h3-7,17H,1,8H2,2H3,(H,16,20). The number of anilines is 1. The summed E-state index contributed by atoms with van der Waals surface area (Å²) in [6, 6.07) is 8.38. The van der Waals surface area contributed by atoms with Crippen molar-refractivity contribution in [1.29, 1.82) is 5.26 Å². The molecule has 0 saturated heterocycles. The summed E-state index contributed by atoms with van der Waals surface area (Å²) in [5, 5.41) is 15.0. The van der Waals surface area contributed by atoms with Gasteiger partial charge in [0.05, 0.1) is 5.69 Å². The molecule has 102 valence electrons. The van der Waals surface area contributed by atoms with E-state index in [1.54, 1.807) is 30.3 Å². The first kappa shape index (κ1) is 15.1. The Morgan fingerprint density at radius 1 is 1.45 bits per heavy atom. The molecule has 1 amide bonds. The predicted octanol–water partition coefficient (Wildman–Crippen LogP) is 1.48. The number of hydrogen-bond acceptors (Lipinski definition) is 5. The van der Waals surface area contributed by atoms with E-state index in [2.05, 4.69) is 22.4 Å². The van der Waals surface area contributed by atoms with Crippen molar-refractivity contribution in [1.82, 2.24) is 5.32 Å². The van der Waals surface area contributed by atoms with Crippen molar-refractivity contribution >= 4 is 23.1 Å². The third-order valence-corrected chi connectivity index (χ3v) is 2.32. The minimum absolute atomic E-state index is 0.141. The normalized spacial score (nSPS) is 10.3. The molecule has 0 aromatic heterocycles. The molecular formula is C14H14N4O2. The van der Waals surface area contributed by atoms with Crippen molar-refractivity contribution in [2.45, 2.75) is 6.92 Å². The number of carbonyl (C=O) groups excluding carboxylic acids is 2. The SMILES string of the molecule is C=CCNC(=O)C(C#N)=NNc1ccccc1C(C)=O. The lowest BCUT2D eigenvalue weighted by molar-refractivity contribution is -0.114. The molecule has 6 nitrogen and oxygen atoms in total. The number of nitrogens with zero attached hydrogens (tertiary/aromatic N) is 2. The van der Waals surface area contributed by atoms with E-state index >= 15 is 0 Å². The van der Waals surface area contributed by atoms with Crippen LogP contribution in [-0.2, 0) is 4.79 Å². The summed E-state index contributed by atoms with van der Waals surface area (Å²) in [6.07, 6.45) is 1.49. The Balaban J connectivity index is 2.90. The monoisotopic (exact) mass is 270 g/mol. The van der Waals surface area contributed by atoms with E-state index in [0.717, 1.165) is 0 Å². The quantitative estimate of drug-likeness (QED) is 0.354. The summed E-state index contributed by atoms with van der Waals surface area (Å²) in [4.78, 5) is 23.0. The van der Waals surface area contributed by atoms with Crippen molar-refractivity contribution in [3.8, 4) is 6.07 Å². The van der Waals surface area contributed by atoms with Crippen LogP contribution in [0.4, 0.5) is 5.69 Å². The van der Waals surface area contributed by atoms with Crippen LogP contribution in [0.15, 0.2) is 42.0 Å². The van der Waals surface area contributed by atoms with E-state index in [9.17, 15) is 9.59 Å². The molecule has 0 bridgehead atoms. The Morgan fingerprint density at radius 2 is 2.15 bits per heavy atom. The number of rotatable bonds is 6. The fourth-order valence-corrected chi connectivity index (χ4v) is 1.38. The highest BCUT2D eigenvalue weighted by Gasteiger charge is 2.10. The van der Waals surface area contributed by atoms with Gasteiger partial charge in [-0.2, -0.15) is 10.4 Å². The molecule has 0 radical (unpaired) electrons. The largest absolute Gasteiger partial charge is 0.347 e. The molecular weight excluding hydrogens is 256 g/mol. The van der Waals surface area contributed by atoms with Gasteiger partial charge in [-0.05, 0) is 19.1 Å². The first-order chi connectivity index (χ1) is 9.60. The van der Waals surface area contributed by atoms with Crippen LogP contribution in [0.1, 0.15) is 17.3 Å². The van der Waals surface area contributed by atoms with Crippen molar-refractivity contribution in [2.24, 2.45) is 5.10 Å². The molecule has 0 unspecified atom stereocenters. The molecule has 0 atom stereocenters. The fraction of sp³-hybridized carbons (Fsp3) is 0.143. The maximum absolute atomic E-state index is 11.6. The fourth-order valence-electron chi connectivity index (χ4n) is 1.38. The van der Waals surface area contributed by atoms with Gasteiger partial charge in [0.15, 0.2) is 5.78 Å². The van der Waals surface area contributed by atoms with Crippen LogP contribution in [0.2, 0.25) is 0 Å². The van der Waals surface area contributed by atoms with E-state index in [1.165, 1.54) is 13.0 Å². The molecule has 0 spiro atoms. The number of Topliss-reactive ketones (excluding diaryl/α,β-unsaturated/α-hetero) is 1. The second kappa shape index (κ2) is 7.48. The topological polar surface area (TPSA) is 94.3 Å². The van der Waals surface area contributed by atoms with E-state index in [-0.39, 0.29) is 18.0 Å². The average molecular weight is 270 g/mol. The van der Waals surface area contributed by atoms with Crippen LogP contribution in [0.3, 0.4) is 0 Å². The third-order valence-electron chi connectivity index (χ3n) is 2.32. The van der Waals surface area contributed by atoms with E-state index in [0.29, 0.717) is 11.3 Å². The first-order valence-electron chi connectivity index (χ1n) is 5.83. The van der Waals surface area contributed by atoms with Gasteiger partial charge in [0.2, 0.25) is 5.71 Å². The van der Waals surface area contributed by atoms with Gasteiger partial charge in [0, 0.05) is 12.1 Å². The number of nitriles is 1. The summed E-state index contributed by atoms with van der Waals surface area (Å²) >= 11 is 0. The zero-order valence-corrected chi connectivity index (χ0v) is 11.0. The maximum Gasteiger partial charge on any atom is 0.282 e. The molecule has 20 heavy (non-hydrogen) atoms. The van der Waals surface area contributed by atoms with Crippen LogP contribution in [0.5, 0.6) is 0 Å². The molecule has 1 aromatic rings. The lowest BCUT2D eigenvalue weighted by atomic mass is 10.1.